The van der Waals surface area contributed by atoms with Crippen LogP contribution in [0.4, 0.5) is 0 Å². The molecule has 0 aliphatic rings. The molecule has 0 aliphatic carbocycles. The smallest absolute Gasteiger partial charge is 0.122 e. The Morgan fingerprint density at radius 3 is 2.60 bits per heavy atom. The molecule has 0 saturated heterocycles. The average Bonchev–Trinajstić information content (AvgIpc) is 2.44. The van der Waals surface area contributed by atoms with E-state index in [2.05, 4.69) is 32.2 Å². The molecule has 20 heavy (non-hydrogen) atoms. The molecule has 1 aromatic rings. The number of hydrogen-bond acceptors (Lipinski definition) is 3. The van der Waals surface area contributed by atoms with Crippen molar-refractivity contribution in [3.63, 3.8) is 0 Å². The number of rotatable bonds is 10. The second kappa shape index (κ2) is 9.78. The Morgan fingerprint density at radius 1 is 1.15 bits per heavy atom. The van der Waals surface area contributed by atoms with Crippen molar-refractivity contribution in [3.05, 3.63) is 29.8 Å². The molecule has 1 N–H and O–H groups in total. The fourth-order valence-corrected chi connectivity index (χ4v) is 2.12. The second-order valence-corrected chi connectivity index (χ2v) is 5.47. The first-order chi connectivity index (χ1) is 9.63. The highest BCUT2D eigenvalue weighted by Gasteiger charge is 2.08. The molecule has 1 rings (SSSR count). The fraction of sp³-hybridized carbons (Fsp3) is 0.647. The molecule has 0 aliphatic heterocycles. The summed E-state index contributed by atoms with van der Waals surface area (Å²) in [6.45, 7) is 8.30. The second-order valence-electron chi connectivity index (χ2n) is 5.47. The Labute approximate surface area is 123 Å². The van der Waals surface area contributed by atoms with Gasteiger partial charge in [0, 0.05) is 19.8 Å². The number of hydrogen-bond donors (Lipinski definition) is 1. The first-order valence-electron chi connectivity index (χ1n) is 7.58. The number of methoxy groups -OCH3 is 1. The van der Waals surface area contributed by atoms with Crippen LogP contribution in [0, 0.1) is 6.92 Å². The minimum atomic E-state index is 0.249. The van der Waals surface area contributed by atoms with E-state index < -0.39 is 0 Å². The van der Waals surface area contributed by atoms with Crippen LogP contribution >= 0.6 is 0 Å². The molecule has 2 atom stereocenters. The topological polar surface area (TPSA) is 30.5 Å². The normalized spacial score (nSPS) is 14.0. The third-order valence-electron chi connectivity index (χ3n) is 3.45. The van der Waals surface area contributed by atoms with Crippen LogP contribution in [0.25, 0.3) is 0 Å². The predicted molar refractivity (Wildman–Crippen MR) is 84.5 cm³/mol. The maximum absolute atomic E-state index is 5.99. The van der Waals surface area contributed by atoms with Crippen molar-refractivity contribution in [2.45, 2.75) is 52.2 Å². The maximum atomic E-state index is 5.99. The summed E-state index contributed by atoms with van der Waals surface area (Å²) in [7, 11) is 1.74. The molecular formula is C17H29NO2. The predicted octanol–water partition coefficient (Wildman–Crippen LogP) is 3.56. The number of benzene rings is 1. The van der Waals surface area contributed by atoms with Crippen LogP contribution in [0.5, 0.6) is 5.75 Å². The van der Waals surface area contributed by atoms with Crippen LogP contribution in [0.1, 0.15) is 38.7 Å². The molecule has 0 spiro atoms. The van der Waals surface area contributed by atoms with Gasteiger partial charge >= 0.3 is 0 Å². The molecule has 114 valence electrons. The van der Waals surface area contributed by atoms with E-state index in [0.29, 0.717) is 6.04 Å². The van der Waals surface area contributed by atoms with Crippen molar-refractivity contribution >= 4 is 0 Å². The molecule has 0 aromatic heterocycles. The van der Waals surface area contributed by atoms with Crippen LogP contribution in [-0.2, 0) is 4.74 Å². The van der Waals surface area contributed by atoms with E-state index in [1.807, 2.05) is 18.2 Å². The van der Waals surface area contributed by atoms with Gasteiger partial charge in [-0.05, 0) is 58.2 Å². The molecule has 3 nitrogen and oxygen atoms in total. The standard InChI is InChI=1S/C17H29NO2/c1-14-8-5-6-9-17(14)20-16(3)11-10-15(2)18-12-7-13-19-4/h5-6,8-9,15-16,18H,7,10-13H2,1-4H3/t15-,16+/m0/s1. The van der Waals surface area contributed by atoms with Crippen LogP contribution in [0.15, 0.2) is 24.3 Å². The first kappa shape index (κ1) is 17.0. The highest BCUT2D eigenvalue weighted by atomic mass is 16.5. The van der Waals surface area contributed by atoms with Gasteiger partial charge in [-0.3, -0.25) is 0 Å². The molecule has 0 saturated carbocycles. The minimum absolute atomic E-state index is 0.249. The number of nitrogens with one attached hydrogen (secondary N) is 1. The van der Waals surface area contributed by atoms with Gasteiger partial charge < -0.3 is 14.8 Å². The van der Waals surface area contributed by atoms with Gasteiger partial charge in [-0.15, -0.1) is 0 Å². The summed E-state index contributed by atoms with van der Waals surface area (Å²) >= 11 is 0. The van der Waals surface area contributed by atoms with Crippen LogP contribution < -0.4 is 10.1 Å². The lowest BCUT2D eigenvalue weighted by Gasteiger charge is -2.19. The molecule has 0 unspecified atom stereocenters. The maximum Gasteiger partial charge on any atom is 0.122 e. The van der Waals surface area contributed by atoms with Gasteiger partial charge in [0.2, 0.25) is 0 Å². The fourth-order valence-electron chi connectivity index (χ4n) is 2.12. The van der Waals surface area contributed by atoms with Gasteiger partial charge in [0.25, 0.3) is 0 Å². The Hall–Kier alpha value is -1.06. The average molecular weight is 279 g/mol. The molecular weight excluding hydrogens is 250 g/mol. The zero-order chi connectivity index (χ0) is 14.8. The largest absolute Gasteiger partial charge is 0.490 e. The Kier molecular flexibility index (Phi) is 8.31. The van der Waals surface area contributed by atoms with Crippen LogP contribution in [0.3, 0.4) is 0 Å². The molecule has 0 bridgehead atoms. The zero-order valence-corrected chi connectivity index (χ0v) is 13.3. The summed E-state index contributed by atoms with van der Waals surface area (Å²) in [5, 5.41) is 3.51. The van der Waals surface area contributed by atoms with Crippen molar-refractivity contribution < 1.29 is 9.47 Å². The van der Waals surface area contributed by atoms with Crippen LogP contribution in [-0.4, -0.2) is 32.4 Å². The van der Waals surface area contributed by atoms with E-state index in [1.165, 1.54) is 5.56 Å². The van der Waals surface area contributed by atoms with Crippen molar-refractivity contribution in [1.82, 2.24) is 5.32 Å². The molecule has 1 aromatic carbocycles. The van der Waals surface area contributed by atoms with Gasteiger partial charge in [0.1, 0.15) is 5.75 Å². The summed E-state index contributed by atoms with van der Waals surface area (Å²) in [6.07, 6.45) is 3.50. The molecule has 0 heterocycles. The number of ether oxygens (including phenoxy) is 2. The SMILES string of the molecule is COCCCN[C@@H](C)CC[C@@H](C)Oc1ccccc1C. The monoisotopic (exact) mass is 279 g/mol. The third-order valence-corrected chi connectivity index (χ3v) is 3.45. The summed E-state index contributed by atoms with van der Waals surface area (Å²) < 4.78 is 11.0. The van der Waals surface area contributed by atoms with E-state index in [-0.39, 0.29) is 6.10 Å². The Balaban J connectivity index is 2.19. The van der Waals surface area contributed by atoms with Crippen molar-refractivity contribution in [3.8, 4) is 5.75 Å². The van der Waals surface area contributed by atoms with E-state index in [1.54, 1.807) is 7.11 Å². The Morgan fingerprint density at radius 2 is 1.90 bits per heavy atom. The highest BCUT2D eigenvalue weighted by Crippen LogP contribution is 2.19. The summed E-state index contributed by atoms with van der Waals surface area (Å²) in [4.78, 5) is 0. The van der Waals surface area contributed by atoms with Gasteiger partial charge in [-0.1, -0.05) is 18.2 Å². The molecule has 0 fully saturated rings. The minimum Gasteiger partial charge on any atom is -0.490 e. The van der Waals surface area contributed by atoms with Crippen molar-refractivity contribution in [1.29, 1.82) is 0 Å². The molecule has 0 radical (unpaired) electrons. The Bertz CT molecular complexity index is 368. The summed E-state index contributed by atoms with van der Waals surface area (Å²) in [6, 6.07) is 8.71. The number of para-hydroxylation sites is 1. The van der Waals surface area contributed by atoms with E-state index >= 15 is 0 Å². The van der Waals surface area contributed by atoms with Crippen molar-refractivity contribution in [2.24, 2.45) is 0 Å². The van der Waals surface area contributed by atoms with Gasteiger partial charge in [-0.25, -0.2) is 0 Å². The number of aryl methyl sites for hydroxylation is 1. The third kappa shape index (κ3) is 6.92. The lowest BCUT2D eigenvalue weighted by Crippen LogP contribution is -2.29. The van der Waals surface area contributed by atoms with E-state index in [4.69, 9.17) is 9.47 Å². The first-order valence-corrected chi connectivity index (χ1v) is 7.58. The van der Waals surface area contributed by atoms with Gasteiger partial charge in [0.15, 0.2) is 0 Å². The highest BCUT2D eigenvalue weighted by molar-refractivity contribution is 5.31. The molecule has 3 heteroatoms. The summed E-state index contributed by atoms with van der Waals surface area (Å²) in [5.41, 5.74) is 1.20. The van der Waals surface area contributed by atoms with Gasteiger partial charge in [0.05, 0.1) is 6.10 Å². The van der Waals surface area contributed by atoms with Gasteiger partial charge in [-0.2, -0.15) is 0 Å². The van der Waals surface area contributed by atoms with E-state index in [9.17, 15) is 0 Å². The zero-order valence-electron chi connectivity index (χ0n) is 13.3. The van der Waals surface area contributed by atoms with Crippen LogP contribution in [0.2, 0.25) is 0 Å². The van der Waals surface area contributed by atoms with E-state index in [0.717, 1.165) is 38.2 Å². The lowest BCUT2D eigenvalue weighted by molar-refractivity contribution is 0.189. The quantitative estimate of drug-likeness (QED) is 0.664. The molecule has 0 amide bonds. The lowest BCUT2D eigenvalue weighted by atomic mass is 10.1. The summed E-state index contributed by atoms with van der Waals surface area (Å²) in [5.74, 6) is 1.00. The van der Waals surface area contributed by atoms with Crippen molar-refractivity contribution in [2.75, 3.05) is 20.3 Å².